The minimum atomic E-state index is -0.202. The molecule has 8 rings (SSSR count). The molecular weight excluding hydrogens is 544 g/mol. The smallest absolute Gasteiger partial charge is 0.0543 e. The first-order valence-corrected chi connectivity index (χ1v) is 16.0. The van der Waals surface area contributed by atoms with Crippen LogP contribution < -0.4 is 9.80 Å². The van der Waals surface area contributed by atoms with E-state index in [0.717, 1.165) is 17.1 Å². The normalized spacial score (nSPS) is 15.1. The maximum Gasteiger partial charge on any atom is 0.0543 e. The standard InChI is InChI=1S/C43H38N2/c1-29-15-13-18-31(27-29)44(38-23-11-9-19-33(38)30-16-7-6-8-17-30)32-25-26-40-37(28-32)43(4,5)36-22-14-21-35-41(36)45(40)39-24-12-10-20-34(39)42(35,2)3/h6-28H,1-5H3. The van der Waals surface area contributed by atoms with Crippen molar-refractivity contribution >= 4 is 34.1 Å². The molecule has 2 nitrogen and oxygen atoms in total. The van der Waals surface area contributed by atoms with Crippen LogP contribution in [0.1, 0.15) is 55.5 Å². The zero-order chi connectivity index (χ0) is 30.9. The maximum absolute atomic E-state index is 2.53. The van der Waals surface area contributed by atoms with Crippen LogP contribution in [0.25, 0.3) is 11.1 Å². The first-order valence-electron chi connectivity index (χ1n) is 16.0. The molecule has 0 spiro atoms. The summed E-state index contributed by atoms with van der Waals surface area (Å²) in [5, 5.41) is 0. The minimum absolute atomic E-state index is 0.0882. The second kappa shape index (κ2) is 9.97. The van der Waals surface area contributed by atoms with Crippen LogP contribution in [0.5, 0.6) is 0 Å². The maximum atomic E-state index is 2.53. The number of hydrogen-bond acceptors (Lipinski definition) is 2. The number of rotatable bonds is 4. The Morgan fingerprint density at radius 1 is 0.489 bits per heavy atom. The summed E-state index contributed by atoms with van der Waals surface area (Å²) in [5.74, 6) is 0. The lowest BCUT2D eigenvalue weighted by Crippen LogP contribution is -2.38. The number of para-hydroxylation sites is 3. The van der Waals surface area contributed by atoms with E-state index in [1.165, 1.54) is 56.0 Å². The average molecular weight is 583 g/mol. The Bertz CT molecular complexity index is 2090. The van der Waals surface area contributed by atoms with Gasteiger partial charge in [0.15, 0.2) is 0 Å². The molecule has 220 valence electrons. The highest BCUT2D eigenvalue weighted by Crippen LogP contribution is 2.60. The third-order valence-corrected chi connectivity index (χ3v) is 10.1. The topological polar surface area (TPSA) is 6.48 Å². The summed E-state index contributed by atoms with van der Waals surface area (Å²) in [5.41, 5.74) is 16.2. The van der Waals surface area contributed by atoms with Gasteiger partial charge in [-0.25, -0.2) is 0 Å². The molecule has 0 aromatic heterocycles. The van der Waals surface area contributed by atoms with E-state index in [1.54, 1.807) is 0 Å². The first-order chi connectivity index (χ1) is 21.8. The van der Waals surface area contributed by atoms with E-state index < -0.39 is 0 Å². The van der Waals surface area contributed by atoms with Gasteiger partial charge in [-0.1, -0.05) is 125 Å². The fourth-order valence-electron chi connectivity index (χ4n) is 7.73. The molecule has 0 N–H and O–H groups in total. The molecule has 0 amide bonds. The van der Waals surface area contributed by atoms with Crippen molar-refractivity contribution in [3.63, 3.8) is 0 Å². The lowest BCUT2D eigenvalue weighted by atomic mass is 9.66. The van der Waals surface area contributed by atoms with Gasteiger partial charge in [0.2, 0.25) is 0 Å². The van der Waals surface area contributed by atoms with Gasteiger partial charge in [-0.3, -0.25) is 0 Å². The molecule has 6 aromatic rings. The quantitative estimate of drug-likeness (QED) is 0.204. The van der Waals surface area contributed by atoms with E-state index in [2.05, 4.69) is 184 Å². The van der Waals surface area contributed by atoms with Gasteiger partial charge in [0.1, 0.15) is 0 Å². The van der Waals surface area contributed by atoms with Crippen LogP contribution >= 0.6 is 0 Å². The van der Waals surface area contributed by atoms with Crippen molar-refractivity contribution in [1.82, 2.24) is 0 Å². The van der Waals surface area contributed by atoms with E-state index >= 15 is 0 Å². The summed E-state index contributed by atoms with van der Waals surface area (Å²) in [6.45, 7) is 11.7. The molecule has 2 aliphatic rings. The van der Waals surface area contributed by atoms with E-state index in [9.17, 15) is 0 Å². The van der Waals surface area contributed by atoms with Crippen molar-refractivity contribution in [3.05, 3.63) is 167 Å². The largest absolute Gasteiger partial charge is 0.310 e. The highest BCUT2D eigenvalue weighted by Gasteiger charge is 2.45. The molecule has 0 unspecified atom stereocenters. The van der Waals surface area contributed by atoms with Gasteiger partial charge in [-0.2, -0.15) is 0 Å². The van der Waals surface area contributed by atoms with Crippen molar-refractivity contribution in [2.75, 3.05) is 9.80 Å². The number of hydrogen-bond donors (Lipinski definition) is 0. The Kier molecular flexibility index (Phi) is 6.09. The molecule has 2 aliphatic heterocycles. The van der Waals surface area contributed by atoms with Crippen LogP contribution in [0.15, 0.2) is 140 Å². The van der Waals surface area contributed by atoms with Crippen molar-refractivity contribution < 1.29 is 0 Å². The number of fused-ring (bicyclic) bond motifs is 4. The molecule has 0 atom stereocenters. The van der Waals surface area contributed by atoms with E-state index in [4.69, 9.17) is 0 Å². The van der Waals surface area contributed by atoms with Crippen molar-refractivity contribution in [3.8, 4) is 11.1 Å². The molecule has 6 aromatic carbocycles. The lowest BCUT2D eigenvalue weighted by Gasteiger charge is -2.49. The fraction of sp³-hybridized carbons (Fsp3) is 0.163. The molecule has 2 heteroatoms. The fourth-order valence-corrected chi connectivity index (χ4v) is 7.73. The second-order valence-corrected chi connectivity index (χ2v) is 13.6. The molecule has 0 aliphatic carbocycles. The van der Waals surface area contributed by atoms with Gasteiger partial charge in [-0.05, 0) is 82.8 Å². The van der Waals surface area contributed by atoms with Crippen LogP contribution in [-0.4, -0.2) is 0 Å². The first kappa shape index (κ1) is 27.5. The predicted octanol–water partition coefficient (Wildman–Crippen LogP) is 11.9. The molecule has 0 saturated heterocycles. The highest BCUT2D eigenvalue weighted by atomic mass is 15.2. The number of aryl methyl sites for hydroxylation is 1. The van der Waals surface area contributed by atoms with Crippen molar-refractivity contribution in [1.29, 1.82) is 0 Å². The summed E-state index contributed by atoms with van der Waals surface area (Å²) in [6.07, 6.45) is 0. The summed E-state index contributed by atoms with van der Waals surface area (Å²) in [6, 6.07) is 51.3. The van der Waals surface area contributed by atoms with Gasteiger partial charge in [0.05, 0.1) is 22.7 Å². The Labute approximate surface area is 267 Å². The molecule has 0 bridgehead atoms. The third-order valence-electron chi connectivity index (χ3n) is 10.1. The summed E-state index contributed by atoms with van der Waals surface area (Å²) in [7, 11) is 0. The molecule has 2 heterocycles. The Balaban J connectivity index is 1.38. The lowest BCUT2D eigenvalue weighted by molar-refractivity contribution is 0.597. The van der Waals surface area contributed by atoms with Crippen LogP contribution in [0.3, 0.4) is 0 Å². The number of anilines is 6. The molecule has 0 fully saturated rings. The summed E-state index contributed by atoms with van der Waals surface area (Å²) in [4.78, 5) is 4.97. The van der Waals surface area contributed by atoms with Crippen molar-refractivity contribution in [2.24, 2.45) is 0 Å². The zero-order valence-corrected chi connectivity index (χ0v) is 26.7. The Hall–Kier alpha value is -5.08. The van der Waals surface area contributed by atoms with Gasteiger partial charge in [0.25, 0.3) is 0 Å². The predicted molar refractivity (Wildman–Crippen MR) is 190 cm³/mol. The van der Waals surface area contributed by atoms with Gasteiger partial charge >= 0.3 is 0 Å². The Morgan fingerprint density at radius 3 is 1.87 bits per heavy atom. The summed E-state index contributed by atoms with van der Waals surface area (Å²) < 4.78 is 0. The van der Waals surface area contributed by atoms with Gasteiger partial charge in [0, 0.05) is 27.8 Å². The molecule has 45 heavy (non-hydrogen) atoms. The van der Waals surface area contributed by atoms with Crippen LogP contribution in [0, 0.1) is 6.92 Å². The third kappa shape index (κ3) is 4.09. The van der Waals surface area contributed by atoms with Crippen LogP contribution in [0.2, 0.25) is 0 Å². The van der Waals surface area contributed by atoms with E-state index in [0.29, 0.717) is 0 Å². The number of benzene rings is 6. The average Bonchev–Trinajstić information content (AvgIpc) is 3.05. The Morgan fingerprint density at radius 2 is 1.09 bits per heavy atom. The second-order valence-electron chi connectivity index (χ2n) is 13.6. The van der Waals surface area contributed by atoms with E-state index in [1.807, 2.05) is 0 Å². The van der Waals surface area contributed by atoms with E-state index in [-0.39, 0.29) is 10.8 Å². The SMILES string of the molecule is Cc1cccc(N(c2ccc3c(c2)C(C)(C)c2cccc4c2N3c2ccccc2C4(C)C)c2ccccc2-c2ccccc2)c1. The number of nitrogens with zero attached hydrogens (tertiary/aromatic N) is 2. The molecular formula is C43H38N2. The molecule has 0 radical (unpaired) electrons. The summed E-state index contributed by atoms with van der Waals surface area (Å²) >= 11 is 0. The minimum Gasteiger partial charge on any atom is -0.310 e. The van der Waals surface area contributed by atoms with Crippen LogP contribution in [0.4, 0.5) is 34.1 Å². The monoisotopic (exact) mass is 582 g/mol. The van der Waals surface area contributed by atoms with Crippen molar-refractivity contribution in [2.45, 2.75) is 45.4 Å². The van der Waals surface area contributed by atoms with Gasteiger partial charge < -0.3 is 9.80 Å². The molecule has 0 saturated carbocycles. The highest BCUT2D eigenvalue weighted by molar-refractivity contribution is 5.95. The zero-order valence-electron chi connectivity index (χ0n) is 26.7. The van der Waals surface area contributed by atoms with Crippen LogP contribution in [-0.2, 0) is 10.8 Å². The van der Waals surface area contributed by atoms with Gasteiger partial charge in [-0.15, -0.1) is 0 Å².